The van der Waals surface area contributed by atoms with Crippen LogP contribution in [0.4, 0.5) is 5.69 Å². The van der Waals surface area contributed by atoms with Gasteiger partial charge in [0.1, 0.15) is 0 Å². The number of thioether (sulfide) groups is 1. The minimum atomic E-state index is -0.382. The maximum atomic E-state index is 13.1. The molecule has 33 heavy (non-hydrogen) atoms. The van der Waals surface area contributed by atoms with Gasteiger partial charge in [-0.3, -0.25) is 9.36 Å². The van der Waals surface area contributed by atoms with E-state index in [4.69, 9.17) is 4.42 Å². The Morgan fingerprint density at radius 2 is 1.76 bits per heavy atom. The zero-order valence-electron chi connectivity index (χ0n) is 18.0. The third-order valence-corrected chi connectivity index (χ3v) is 6.42. The average Bonchev–Trinajstić information content (AvgIpc) is 3.50. The molecule has 1 unspecified atom stereocenters. The molecule has 0 saturated carbocycles. The predicted molar refractivity (Wildman–Crippen MR) is 131 cm³/mol. The Hall–Kier alpha value is -3.84. The molecule has 0 aliphatic carbocycles. The average molecular weight is 455 g/mol. The summed E-state index contributed by atoms with van der Waals surface area (Å²) in [6, 6.07) is 27.7. The van der Waals surface area contributed by atoms with Crippen molar-refractivity contribution in [2.45, 2.75) is 23.9 Å². The van der Waals surface area contributed by atoms with Gasteiger partial charge in [0.25, 0.3) is 0 Å². The van der Waals surface area contributed by atoms with Crippen LogP contribution in [0.3, 0.4) is 0 Å². The summed E-state index contributed by atoms with van der Waals surface area (Å²) in [5.74, 6) is 1.18. The fourth-order valence-electron chi connectivity index (χ4n) is 3.65. The van der Waals surface area contributed by atoms with Gasteiger partial charge in [0.05, 0.1) is 18.1 Å². The number of rotatable bonds is 7. The molecule has 164 valence electrons. The molecule has 0 saturated heterocycles. The molecule has 0 fully saturated rings. The summed E-state index contributed by atoms with van der Waals surface area (Å²) in [4.78, 5) is 13.1. The zero-order chi connectivity index (χ0) is 22.6. The van der Waals surface area contributed by atoms with Crippen LogP contribution in [0, 0.1) is 0 Å². The molecule has 0 aliphatic rings. The summed E-state index contributed by atoms with van der Waals surface area (Å²) in [6.07, 6.45) is 1.62. The Morgan fingerprint density at radius 1 is 0.970 bits per heavy atom. The van der Waals surface area contributed by atoms with E-state index in [-0.39, 0.29) is 11.2 Å². The summed E-state index contributed by atoms with van der Waals surface area (Å²) in [5.41, 5.74) is 1.91. The highest BCUT2D eigenvalue weighted by atomic mass is 32.2. The number of aromatic nitrogens is 3. The van der Waals surface area contributed by atoms with Crippen molar-refractivity contribution in [3.63, 3.8) is 0 Å². The van der Waals surface area contributed by atoms with Gasteiger partial charge in [0.15, 0.2) is 10.9 Å². The molecule has 7 heteroatoms. The van der Waals surface area contributed by atoms with Gasteiger partial charge >= 0.3 is 0 Å². The highest BCUT2D eigenvalue weighted by molar-refractivity contribution is 8.00. The molecule has 6 nitrogen and oxygen atoms in total. The molecule has 2 aromatic heterocycles. The van der Waals surface area contributed by atoms with Crippen LogP contribution in [-0.2, 0) is 11.3 Å². The number of anilines is 1. The minimum Gasteiger partial charge on any atom is -0.461 e. The first kappa shape index (κ1) is 21.0. The van der Waals surface area contributed by atoms with E-state index >= 15 is 0 Å². The monoisotopic (exact) mass is 454 g/mol. The second kappa shape index (κ2) is 9.34. The molecule has 0 aliphatic heterocycles. The van der Waals surface area contributed by atoms with Crippen molar-refractivity contribution in [2.24, 2.45) is 0 Å². The third-order valence-electron chi connectivity index (χ3n) is 5.34. The van der Waals surface area contributed by atoms with Crippen molar-refractivity contribution in [3.05, 3.63) is 96.8 Å². The topological polar surface area (TPSA) is 73.0 Å². The van der Waals surface area contributed by atoms with Crippen LogP contribution in [0.5, 0.6) is 0 Å². The van der Waals surface area contributed by atoms with Crippen LogP contribution >= 0.6 is 11.8 Å². The maximum absolute atomic E-state index is 13.1. The largest absolute Gasteiger partial charge is 0.461 e. The summed E-state index contributed by atoms with van der Waals surface area (Å²) in [5, 5.41) is 14.2. The van der Waals surface area contributed by atoms with Gasteiger partial charge in [-0.15, -0.1) is 10.2 Å². The van der Waals surface area contributed by atoms with Crippen LogP contribution in [0.2, 0.25) is 0 Å². The second-order valence-electron chi connectivity index (χ2n) is 7.63. The van der Waals surface area contributed by atoms with Crippen LogP contribution in [0.15, 0.2) is 101 Å². The highest BCUT2D eigenvalue weighted by Crippen LogP contribution is 2.29. The fraction of sp³-hybridized carbons (Fsp3) is 0.115. The molecule has 1 amide bonds. The van der Waals surface area contributed by atoms with Gasteiger partial charge in [-0.2, -0.15) is 0 Å². The van der Waals surface area contributed by atoms with Crippen LogP contribution in [-0.4, -0.2) is 25.9 Å². The van der Waals surface area contributed by atoms with Gasteiger partial charge in [-0.1, -0.05) is 78.5 Å². The van der Waals surface area contributed by atoms with Crippen LogP contribution < -0.4 is 5.32 Å². The Morgan fingerprint density at radius 3 is 2.58 bits per heavy atom. The number of furan rings is 1. The first-order valence-electron chi connectivity index (χ1n) is 10.7. The number of nitrogens with one attached hydrogen (secondary N) is 1. The van der Waals surface area contributed by atoms with Crippen LogP contribution in [0.1, 0.15) is 12.5 Å². The molecule has 5 aromatic rings. The Labute approximate surface area is 195 Å². The van der Waals surface area contributed by atoms with Crippen molar-refractivity contribution < 1.29 is 9.21 Å². The minimum absolute atomic E-state index is 0.0924. The quantitative estimate of drug-likeness (QED) is 0.312. The van der Waals surface area contributed by atoms with Crippen molar-refractivity contribution in [3.8, 4) is 11.6 Å². The van der Waals surface area contributed by atoms with Gasteiger partial charge in [0.2, 0.25) is 11.7 Å². The number of fused-ring (bicyclic) bond motifs is 1. The lowest BCUT2D eigenvalue weighted by Gasteiger charge is -2.14. The smallest absolute Gasteiger partial charge is 0.237 e. The normalized spacial score (nSPS) is 12.0. The lowest BCUT2D eigenvalue weighted by Crippen LogP contribution is -2.23. The summed E-state index contributed by atoms with van der Waals surface area (Å²) in [6.45, 7) is 2.45. The van der Waals surface area contributed by atoms with E-state index in [2.05, 4.69) is 27.6 Å². The molecular formula is C26H22N4O2S. The van der Waals surface area contributed by atoms with E-state index in [1.54, 1.807) is 6.26 Å². The number of nitrogens with zero attached hydrogens (tertiary/aromatic N) is 3. The Bertz CT molecular complexity index is 1370. The van der Waals surface area contributed by atoms with Crippen molar-refractivity contribution in [1.29, 1.82) is 0 Å². The van der Waals surface area contributed by atoms with Gasteiger partial charge in [0, 0.05) is 11.1 Å². The fourth-order valence-corrected chi connectivity index (χ4v) is 4.50. The first-order valence-corrected chi connectivity index (χ1v) is 11.5. The van der Waals surface area contributed by atoms with Gasteiger partial charge in [-0.25, -0.2) is 0 Å². The molecule has 2 heterocycles. The van der Waals surface area contributed by atoms with Crippen molar-refractivity contribution in [1.82, 2.24) is 14.8 Å². The number of hydrogen-bond donors (Lipinski definition) is 1. The van der Waals surface area contributed by atoms with Gasteiger partial charge in [-0.05, 0) is 36.1 Å². The molecule has 0 radical (unpaired) electrons. The first-order chi connectivity index (χ1) is 16.2. The van der Waals surface area contributed by atoms with Gasteiger partial charge < -0.3 is 9.73 Å². The number of carbonyl (C=O) groups excluding carboxylic acids is 1. The molecule has 0 bridgehead atoms. The number of amides is 1. The lowest BCUT2D eigenvalue weighted by atomic mass is 10.1. The van der Waals surface area contributed by atoms with E-state index in [1.165, 1.54) is 11.8 Å². The Balaban J connectivity index is 1.39. The Kier molecular flexibility index (Phi) is 5.95. The zero-order valence-corrected chi connectivity index (χ0v) is 18.8. The van der Waals surface area contributed by atoms with E-state index < -0.39 is 0 Å². The highest BCUT2D eigenvalue weighted by Gasteiger charge is 2.22. The lowest BCUT2D eigenvalue weighted by molar-refractivity contribution is -0.115. The van der Waals surface area contributed by atoms with E-state index in [9.17, 15) is 4.79 Å². The van der Waals surface area contributed by atoms with Crippen LogP contribution in [0.25, 0.3) is 22.4 Å². The molecular weight excluding hydrogens is 432 g/mol. The predicted octanol–water partition coefficient (Wildman–Crippen LogP) is 5.86. The molecule has 3 aromatic carbocycles. The molecule has 1 N–H and O–H groups in total. The maximum Gasteiger partial charge on any atom is 0.237 e. The summed E-state index contributed by atoms with van der Waals surface area (Å²) in [7, 11) is 0. The third kappa shape index (κ3) is 4.54. The standard InChI is InChI=1S/C26H22N4O2S/c1-18(25(31)27-22-14-7-12-20-11-5-6-13-21(20)22)33-26-29-28-24(23-15-8-16-32-23)30(26)17-19-9-3-2-4-10-19/h2-16,18H,17H2,1H3,(H,27,31). The van der Waals surface area contributed by atoms with Crippen molar-refractivity contribution >= 4 is 34.1 Å². The summed E-state index contributed by atoms with van der Waals surface area (Å²) >= 11 is 1.38. The molecule has 1 atom stereocenters. The SMILES string of the molecule is CC(Sc1nnc(-c2ccco2)n1Cc1ccccc1)C(=O)Nc1cccc2ccccc12. The van der Waals surface area contributed by atoms with E-state index in [0.717, 1.165) is 22.0 Å². The number of hydrogen-bond acceptors (Lipinski definition) is 5. The number of carbonyl (C=O) groups is 1. The molecule has 5 rings (SSSR count). The van der Waals surface area contributed by atoms with E-state index in [0.29, 0.717) is 23.3 Å². The van der Waals surface area contributed by atoms with E-state index in [1.807, 2.05) is 84.3 Å². The molecule has 0 spiro atoms. The summed E-state index contributed by atoms with van der Waals surface area (Å²) < 4.78 is 7.56. The van der Waals surface area contributed by atoms with Crippen molar-refractivity contribution in [2.75, 3.05) is 5.32 Å². The number of benzene rings is 3. The second-order valence-corrected chi connectivity index (χ2v) is 8.94.